The average Bonchev–Trinajstić information content (AvgIpc) is 2.87. The summed E-state index contributed by atoms with van der Waals surface area (Å²) in [7, 11) is 1.43. The van der Waals surface area contributed by atoms with Gasteiger partial charge in [-0.05, 0) is 23.8 Å². The summed E-state index contributed by atoms with van der Waals surface area (Å²) < 4.78 is 6.79. The van der Waals surface area contributed by atoms with Gasteiger partial charge in [0.05, 0.1) is 19.3 Å². The highest BCUT2D eigenvalue weighted by Gasteiger charge is 2.25. The number of carbonyl (C=O) groups is 1. The van der Waals surface area contributed by atoms with Gasteiger partial charge in [0.25, 0.3) is 0 Å². The minimum Gasteiger partial charge on any atom is -0.453 e. The number of hydrogen-bond acceptors (Lipinski definition) is 3. The van der Waals surface area contributed by atoms with Crippen LogP contribution in [0.3, 0.4) is 0 Å². The molecule has 1 aliphatic heterocycles. The third-order valence-corrected chi connectivity index (χ3v) is 3.74. The van der Waals surface area contributed by atoms with Crippen molar-refractivity contribution in [2.75, 3.05) is 20.2 Å². The van der Waals surface area contributed by atoms with E-state index in [0.29, 0.717) is 6.04 Å². The van der Waals surface area contributed by atoms with E-state index in [-0.39, 0.29) is 11.5 Å². The zero-order valence-corrected chi connectivity index (χ0v) is 12.2. The predicted octanol–water partition coefficient (Wildman–Crippen LogP) is 2.58. The highest BCUT2D eigenvalue weighted by atomic mass is 16.5. The molecular formula is C14H23N3O2. The molecule has 0 bridgehead atoms. The molecule has 1 aromatic rings. The minimum absolute atomic E-state index is 0.130. The van der Waals surface area contributed by atoms with Gasteiger partial charge in [0.1, 0.15) is 0 Å². The first-order valence-electron chi connectivity index (χ1n) is 6.79. The molecule has 5 nitrogen and oxygen atoms in total. The van der Waals surface area contributed by atoms with Crippen molar-refractivity contribution in [3.63, 3.8) is 0 Å². The maximum Gasteiger partial charge on any atom is 0.409 e. The Kier molecular flexibility index (Phi) is 3.83. The molecule has 1 saturated heterocycles. The van der Waals surface area contributed by atoms with E-state index in [9.17, 15) is 4.79 Å². The van der Waals surface area contributed by atoms with Crippen molar-refractivity contribution in [2.24, 2.45) is 0 Å². The van der Waals surface area contributed by atoms with Gasteiger partial charge in [-0.15, -0.1) is 0 Å². The molecule has 1 aliphatic rings. The van der Waals surface area contributed by atoms with Crippen molar-refractivity contribution < 1.29 is 9.53 Å². The topological polar surface area (TPSA) is 47.4 Å². The van der Waals surface area contributed by atoms with Crippen LogP contribution < -0.4 is 0 Å². The van der Waals surface area contributed by atoms with E-state index in [0.717, 1.165) is 25.9 Å². The summed E-state index contributed by atoms with van der Waals surface area (Å²) in [4.78, 5) is 13.2. The van der Waals surface area contributed by atoms with Crippen molar-refractivity contribution >= 4 is 6.09 Å². The first kappa shape index (κ1) is 13.9. The largest absolute Gasteiger partial charge is 0.453 e. The molecule has 0 N–H and O–H groups in total. The highest BCUT2D eigenvalue weighted by Crippen LogP contribution is 2.26. The molecule has 0 atom stereocenters. The predicted molar refractivity (Wildman–Crippen MR) is 73.2 cm³/mol. The molecule has 1 aromatic heterocycles. The van der Waals surface area contributed by atoms with Crippen molar-refractivity contribution in [1.29, 1.82) is 0 Å². The van der Waals surface area contributed by atoms with Crippen LogP contribution in [0.25, 0.3) is 0 Å². The second-order valence-electron chi connectivity index (χ2n) is 6.15. The van der Waals surface area contributed by atoms with Crippen molar-refractivity contribution in [2.45, 2.75) is 45.1 Å². The summed E-state index contributed by atoms with van der Waals surface area (Å²) in [5.41, 5.74) is 1.38. The number of aromatic nitrogens is 2. The van der Waals surface area contributed by atoms with Crippen LogP contribution in [0.5, 0.6) is 0 Å². The Balaban J connectivity index is 1.98. The van der Waals surface area contributed by atoms with Crippen LogP contribution in [0.1, 0.15) is 45.2 Å². The third-order valence-electron chi connectivity index (χ3n) is 3.74. The van der Waals surface area contributed by atoms with Gasteiger partial charge in [-0.1, -0.05) is 20.8 Å². The minimum atomic E-state index is -0.228. The number of ether oxygens (including phenoxy) is 1. The number of nitrogens with zero attached hydrogens (tertiary/aromatic N) is 3. The second kappa shape index (κ2) is 5.23. The number of carbonyl (C=O) groups excluding carboxylic acids is 1. The van der Waals surface area contributed by atoms with E-state index in [2.05, 4.69) is 36.7 Å². The first-order chi connectivity index (χ1) is 8.91. The molecule has 2 rings (SSSR count). The van der Waals surface area contributed by atoms with E-state index in [1.165, 1.54) is 12.7 Å². The van der Waals surface area contributed by atoms with E-state index in [1.54, 1.807) is 4.90 Å². The number of likely N-dealkylation sites (tertiary alicyclic amines) is 1. The van der Waals surface area contributed by atoms with Crippen molar-refractivity contribution in [3.05, 3.63) is 18.0 Å². The lowest BCUT2D eigenvalue weighted by atomic mass is 9.90. The third kappa shape index (κ3) is 3.08. The standard InChI is InChI=1S/C14H23N3O2/c1-14(2,3)11-9-15-17(10-11)12-5-7-16(8-6-12)13(18)19-4/h9-10,12H,5-8H2,1-4H3. The lowest BCUT2D eigenvalue weighted by Gasteiger charge is -2.31. The van der Waals surface area contributed by atoms with Crippen LogP contribution >= 0.6 is 0 Å². The Hall–Kier alpha value is -1.52. The van der Waals surface area contributed by atoms with Gasteiger partial charge < -0.3 is 9.64 Å². The molecule has 0 radical (unpaired) electrons. The second-order valence-corrected chi connectivity index (χ2v) is 6.15. The molecule has 106 valence electrons. The van der Waals surface area contributed by atoms with Gasteiger partial charge in [0, 0.05) is 19.3 Å². The SMILES string of the molecule is COC(=O)N1CCC(n2cc(C(C)(C)C)cn2)CC1. The fraction of sp³-hybridized carbons (Fsp3) is 0.714. The summed E-state index contributed by atoms with van der Waals surface area (Å²) in [6.45, 7) is 8.04. The average molecular weight is 265 g/mol. The van der Waals surface area contributed by atoms with Gasteiger partial charge in [0.15, 0.2) is 0 Å². The van der Waals surface area contributed by atoms with Gasteiger partial charge in [-0.25, -0.2) is 4.79 Å². The zero-order valence-electron chi connectivity index (χ0n) is 12.2. The monoisotopic (exact) mass is 265 g/mol. The van der Waals surface area contributed by atoms with Gasteiger partial charge >= 0.3 is 6.09 Å². The van der Waals surface area contributed by atoms with Crippen LogP contribution in [-0.2, 0) is 10.2 Å². The summed E-state index contributed by atoms with van der Waals surface area (Å²) in [6.07, 6.45) is 5.72. The Morgan fingerprint density at radius 3 is 2.47 bits per heavy atom. The van der Waals surface area contributed by atoms with Crippen LogP contribution in [0, 0.1) is 0 Å². The number of rotatable bonds is 1. The Morgan fingerprint density at radius 2 is 2.00 bits per heavy atom. The molecule has 0 spiro atoms. The van der Waals surface area contributed by atoms with Crippen LogP contribution in [-0.4, -0.2) is 41.0 Å². The fourth-order valence-corrected chi connectivity index (χ4v) is 2.37. The van der Waals surface area contributed by atoms with Crippen LogP contribution in [0.15, 0.2) is 12.4 Å². The van der Waals surface area contributed by atoms with E-state index in [1.807, 2.05) is 6.20 Å². The number of hydrogen-bond donors (Lipinski definition) is 0. The van der Waals surface area contributed by atoms with Gasteiger partial charge in [0.2, 0.25) is 0 Å². The van der Waals surface area contributed by atoms with Crippen molar-refractivity contribution in [1.82, 2.24) is 14.7 Å². The molecule has 0 aromatic carbocycles. The van der Waals surface area contributed by atoms with Gasteiger partial charge in [-0.3, -0.25) is 4.68 Å². The Morgan fingerprint density at radius 1 is 1.37 bits per heavy atom. The summed E-state index contributed by atoms with van der Waals surface area (Å²) in [6, 6.07) is 0.386. The molecular weight excluding hydrogens is 242 g/mol. The van der Waals surface area contributed by atoms with Crippen LogP contribution in [0.2, 0.25) is 0 Å². The van der Waals surface area contributed by atoms with Crippen molar-refractivity contribution in [3.8, 4) is 0 Å². The summed E-state index contributed by atoms with van der Waals surface area (Å²) >= 11 is 0. The number of piperidine rings is 1. The number of amides is 1. The molecule has 0 saturated carbocycles. The summed E-state index contributed by atoms with van der Waals surface area (Å²) in [5.74, 6) is 0. The fourth-order valence-electron chi connectivity index (χ4n) is 2.37. The zero-order chi connectivity index (χ0) is 14.0. The van der Waals surface area contributed by atoms with E-state index >= 15 is 0 Å². The van der Waals surface area contributed by atoms with E-state index < -0.39 is 0 Å². The smallest absolute Gasteiger partial charge is 0.409 e. The highest BCUT2D eigenvalue weighted by molar-refractivity contribution is 5.67. The normalized spacial score (nSPS) is 17.6. The maximum absolute atomic E-state index is 11.4. The molecule has 2 heterocycles. The molecule has 1 fully saturated rings. The Labute approximate surface area is 114 Å². The molecule has 0 unspecified atom stereocenters. The Bertz CT molecular complexity index is 440. The molecule has 0 aliphatic carbocycles. The van der Waals surface area contributed by atoms with Gasteiger partial charge in [-0.2, -0.15) is 5.10 Å². The lowest BCUT2D eigenvalue weighted by molar-refractivity contribution is 0.105. The number of methoxy groups -OCH3 is 1. The lowest BCUT2D eigenvalue weighted by Crippen LogP contribution is -2.39. The molecule has 5 heteroatoms. The molecule has 19 heavy (non-hydrogen) atoms. The molecule has 1 amide bonds. The van der Waals surface area contributed by atoms with Crippen LogP contribution in [0.4, 0.5) is 4.79 Å². The van der Waals surface area contributed by atoms with E-state index in [4.69, 9.17) is 4.74 Å². The first-order valence-corrected chi connectivity index (χ1v) is 6.79. The maximum atomic E-state index is 11.4. The summed E-state index contributed by atoms with van der Waals surface area (Å²) in [5, 5.41) is 4.48. The quantitative estimate of drug-likeness (QED) is 0.784.